The van der Waals surface area contributed by atoms with Crippen LogP contribution in [0, 0.1) is 11.6 Å². The van der Waals surface area contributed by atoms with E-state index >= 15 is 0 Å². The third kappa shape index (κ3) is 4.72. The summed E-state index contributed by atoms with van der Waals surface area (Å²) >= 11 is 0. The Kier molecular flexibility index (Phi) is 6.47. The van der Waals surface area contributed by atoms with Crippen LogP contribution in [0.4, 0.5) is 8.78 Å². The summed E-state index contributed by atoms with van der Waals surface area (Å²) in [5.41, 5.74) is 0.563. The second kappa shape index (κ2) is 8.36. The van der Waals surface area contributed by atoms with Crippen LogP contribution in [0.25, 0.3) is 0 Å². The van der Waals surface area contributed by atoms with E-state index in [9.17, 15) is 13.6 Å². The lowest BCUT2D eigenvalue weighted by Gasteiger charge is -2.39. The Morgan fingerprint density at radius 1 is 1.26 bits per heavy atom. The van der Waals surface area contributed by atoms with Crippen molar-refractivity contribution < 1.29 is 13.6 Å². The largest absolute Gasteiger partial charge is 0.359 e. The molecule has 2 rings (SSSR count). The number of amides is 1. The summed E-state index contributed by atoms with van der Waals surface area (Å²) in [6.07, 6.45) is 1.28. The zero-order valence-electron chi connectivity index (χ0n) is 13.8. The molecule has 0 spiro atoms. The van der Waals surface area contributed by atoms with Gasteiger partial charge in [0.2, 0.25) is 5.91 Å². The molecule has 6 heteroatoms. The number of hydrogen-bond acceptors (Lipinski definition) is 3. The Morgan fingerprint density at radius 2 is 1.96 bits per heavy atom. The van der Waals surface area contributed by atoms with Gasteiger partial charge in [0, 0.05) is 63.9 Å². The van der Waals surface area contributed by atoms with Crippen LogP contribution in [-0.2, 0) is 4.79 Å². The first-order chi connectivity index (χ1) is 11.0. The lowest BCUT2D eigenvalue weighted by molar-refractivity contribution is -0.121. The highest BCUT2D eigenvalue weighted by atomic mass is 19.1. The summed E-state index contributed by atoms with van der Waals surface area (Å²) in [5, 5.41) is 2.62. The highest BCUT2D eigenvalue weighted by Crippen LogP contribution is 2.27. The summed E-state index contributed by atoms with van der Waals surface area (Å²) in [6, 6.07) is 3.80. The molecular formula is C17H25F2N3O. The van der Waals surface area contributed by atoms with E-state index in [0.717, 1.165) is 45.2 Å². The third-order valence-electron chi connectivity index (χ3n) is 4.49. The van der Waals surface area contributed by atoms with Crippen LogP contribution in [0.1, 0.15) is 31.4 Å². The maximum Gasteiger partial charge on any atom is 0.221 e. The number of piperazine rings is 1. The summed E-state index contributed by atoms with van der Waals surface area (Å²) < 4.78 is 27.1. The van der Waals surface area contributed by atoms with Crippen LogP contribution in [0.5, 0.6) is 0 Å². The third-order valence-corrected chi connectivity index (χ3v) is 4.49. The van der Waals surface area contributed by atoms with Gasteiger partial charge in [-0.1, -0.05) is 13.0 Å². The topological polar surface area (TPSA) is 35.6 Å². The fraction of sp³-hybridized carbons (Fsp3) is 0.588. The van der Waals surface area contributed by atoms with Gasteiger partial charge in [0.15, 0.2) is 0 Å². The van der Waals surface area contributed by atoms with E-state index in [1.54, 1.807) is 13.1 Å². The van der Waals surface area contributed by atoms with Crippen LogP contribution >= 0.6 is 0 Å². The van der Waals surface area contributed by atoms with Crippen molar-refractivity contribution in [1.82, 2.24) is 15.1 Å². The van der Waals surface area contributed by atoms with Gasteiger partial charge in [0.1, 0.15) is 11.6 Å². The second-order valence-electron chi connectivity index (χ2n) is 5.89. The average Bonchev–Trinajstić information content (AvgIpc) is 2.56. The number of halogens is 2. The van der Waals surface area contributed by atoms with E-state index < -0.39 is 11.6 Å². The molecule has 1 fully saturated rings. The fourth-order valence-corrected chi connectivity index (χ4v) is 3.13. The molecular weight excluding hydrogens is 300 g/mol. The molecule has 0 aromatic heterocycles. The lowest BCUT2D eigenvalue weighted by atomic mass is 10.0. The van der Waals surface area contributed by atoms with E-state index in [2.05, 4.69) is 15.1 Å². The Labute approximate surface area is 136 Å². The molecule has 0 bridgehead atoms. The van der Waals surface area contributed by atoms with Crippen molar-refractivity contribution in [1.29, 1.82) is 0 Å². The molecule has 1 amide bonds. The minimum absolute atomic E-state index is 0.0308. The first-order valence-corrected chi connectivity index (χ1v) is 8.17. The van der Waals surface area contributed by atoms with E-state index in [-0.39, 0.29) is 11.9 Å². The van der Waals surface area contributed by atoms with Crippen molar-refractivity contribution in [2.24, 2.45) is 0 Å². The van der Waals surface area contributed by atoms with Gasteiger partial charge in [-0.25, -0.2) is 8.78 Å². The molecule has 1 heterocycles. The number of rotatable bonds is 6. The normalized spacial score (nSPS) is 17.9. The Morgan fingerprint density at radius 3 is 2.52 bits per heavy atom. The number of benzene rings is 1. The zero-order chi connectivity index (χ0) is 16.8. The van der Waals surface area contributed by atoms with Crippen molar-refractivity contribution in [3.05, 3.63) is 35.4 Å². The molecule has 1 N–H and O–H groups in total. The molecule has 1 atom stereocenters. The van der Waals surface area contributed by atoms with Gasteiger partial charge in [-0.3, -0.25) is 9.69 Å². The molecule has 0 saturated carbocycles. The number of hydrogen-bond donors (Lipinski definition) is 1. The average molecular weight is 325 g/mol. The SMILES string of the molecule is CC[C@H](c1ccc(F)cc1F)N1CCN(CCC(=O)NC)CC1. The lowest BCUT2D eigenvalue weighted by Crippen LogP contribution is -2.48. The van der Waals surface area contributed by atoms with Crippen molar-refractivity contribution in [2.45, 2.75) is 25.8 Å². The van der Waals surface area contributed by atoms with Gasteiger partial charge in [-0.2, -0.15) is 0 Å². The molecule has 1 saturated heterocycles. The number of nitrogens with zero attached hydrogens (tertiary/aromatic N) is 2. The monoisotopic (exact) mass is 325 g/mol. The van der Waals surface area contributed by atoms with Gasteiger partial charge in [0.05, 0.1) is 0 Å². The van der Waals surface area contributed by atoms with Crippen molar-refractivity contribution in [3.63, 3.8) is 0 Å². The summed E-state index contributed by atoms with van der Waals surface area (Å²) in [4.78, 5) is 15.8. The van der Waals surface area contributed by atoms with Crippen LogP contribution in [0.3, 0.4) is 0 Å². The van der Waals surface area contributed by atoms with Crippen molar-refractivity contribution in [2.75, 3.05) is 39.8 Å². The van der Waals surface area contributed by atoms with Gasteiger partial charge >= 0.3 is 0 Å². The first kappa shape index (κ1) is 17.8. The second-order valence-corrected chi connectivity index (χ2v) is 5.89. The predicted octanol–water partition coefficient (Wildman–Crippen LogP) is 2.17. The maximum atomic E-state index is 14.0. The van der Waals surface area contributed by atoms with Crippen molar-refractivity contribution >= 4 is 5.91 Å². The molecule has 4 nitrogen and oxygen atoms in total. The van der Waals surface area contributed by atoms with Crippen LogP contribution in [0.15, 0.2) is 18.2 Å². The van der Waals surface area contributed by atoms with Gasteiger partial charge in [0.25, 0.3) is 0 Å². The van der Waals surface area contributed by atoms with Crippen molar-refractivity contribution in [3.8, 4) is 0 Å². The standard InChI is InChI=1S/C17H25F2N3O/c1-3-16(14-5-4-13(18)12-15(14)19)22-10-8-21(9-11-22)7-6-17(23)20-2/h4-5,12,16H,3,6-11H2,1-2H3,(H,20,23)/t16-/m1/s1. The minimum atomic E-state index is -0.542. The molecule has 0 unspecified atom stereocenters. The Bertz CT molecular complexity index is 531. The molecule has 0 radical (unpaired) electrons. The van der Waals surface area contributed by atoms with Crippen LogP contribution in [0.2, 0.25) is 0 Å². The van der Waals surface area contributed by atoms with E-state index in [1.165, 1.54) is 6.07 Å². The maximum absolute atomic E-state index is 14.0. The van der Waals surface area contributed by atoms with E-state index in [1.807, 2.05) is 6.92 Å². The molecule has 1 aliphatic rings. The molecule has 23 heavy (non-hydrogen) atoms. The Hall–Kier alpha value is -1.53. The quantitative estimate of drug-likeness (QED) is 0.871. The molecule has 1 aromatic rings. The number of carbonyl (C=O) groups is 1. The highest BCUT2D eigenvalue weighted by molar-refractivity contribution is 5.75. The van der Waals surface area contributed by atoms with Crippen LogP contribution in [-0.4, -0.2) is 55.5 Å². The highest BCUT2D eigenvalue weighted by Gasteiger charge is 2.26. The van der Waals surface area contributed by atoms with E-state index in [0.29, 0.717) is 12.0 Å². The van der Waals surface area contributed by atoms with Gasteiger partial charge in [-0.05, 0) is 12.5 Å². The Balaban J connectivity index is 1.93. The smallest absolute Gasteiger partial charge is 0.221 e. The first-order valence-electron chi connectivity index (χ1n) is 8.17. The van der Waals surface area contributed by atoms with Gasteiger partial charge in [-0.15, -0.1) is 0 Å². The van der Waals surface area contributed by atoms with Gasteiger partial charge < -0.3 is 10.2 Å². The number of nitrogens with one attached hydrogen (secondary N) is 1. The van der Waals surface area contributed by atoms with E-state index in [4.69, 9.17) is 0 Å². The molecule has 128 valence electrons. The predicted molar refractivity (Wildman–Crippen MR) is 86.1 cm³/mol. The zero-order valence-corrected chi connectivity index (χ0v) is 13.8. The summed E-state index contributed by atoms with van der Waals surface area (Å²) in [5.74, 6) is -0.966. The minimum Gasteiger partial charge on any atom is -0.359 e. The fourth-order valence-electron chi connectivity index (χ4n) is 3.13. The molecule has 1 aliphatic heterocycles. The summed E-state index contributed by atoms with van der Waals surface area (Å²) in [6.45, 7) is 6.12. The molecule has 0 aliphatic carbocycles. The number of carbonyl (C=O) groups excluding carboxylic acids is 1. The summed E-state index contributed by atoms with van der Waals surface area (Å²) in [7, 11) is 1.64. The molecule has 1 aromatic carbocycles. The van der Waals surface area contributed by atoms with Crippen LogP contribution < -0.4 is 5.32 Å².